The normalized spacial score (nSPS) is 11.2. The molecule has 7 heteroatoms. The molecule has 0 saturated heterocycles. The van der Waals surface area contributed by atoms with Gasteiger partial charge in [0.1, 0.15) is 5.75 Å². The smallest absolute Gasteiger partial charge is 0.416 e. The summed E-state index contributed by atoms with van der Waals surface area (Å²) in [5.74, 6) is 0.180. The Labute approximate surface area is 148 Å². The summed E-state index contributed by atoms with van der Waals surface area (Å²) in [6, 6.07) is 9.26. The van der Waals surface area contributed by atoms with Crippen molar-refractivity contribution in [1.29, 1.82) is 0 Å². The number of hydrogen-bond donors (Lipinski definition) is 1. The molecular formula is C18H17ClF3NO2. The van der Waals surface area contributed by atoms with Gasteiger partial charge in [-0.1, -0.05) is 24.9 Å². The molecule has 0 aliphatic rings. The Balaban J connectivity index is 2.04. The van der Waals surface area contributed by atoms with E-state index in [1.807, 2.05) is 0 Å². The highest BCUT2D eigenvalue weighted by Gasteiger charge is 2.31. The van der Waals surface area contributed by atoms with Crippen molar-refractivity contribution in [2.75, 3.05) is 11.9 Å². The standard InChI is InChI=1S/C18H17ClF3NO2/c1-2-3-10-25-14-7-4-12(5-8-14)17(24)23-16-9-6-13(11-15(16)19)18(20,21)22/h4-9,11H,2-3,10H2,1H3,(H,23,24). The summed E-state index contributed by atoms with van der Waals surface area (Å²) in [6.07, 6.45) is -2.52. The minimum atomic E-state index is -4.49. The van der Waals surface area contributed by atoms with Gasteiger partial charge in [0, 0.05) is 5.56 Å². The largest absolute Gasteiger partial charge is 0.494 e. The Morgan fingerprint density at radius 2 is 1.84 bits per heavy atom. The highest BCUT2D eigenvalue weighted by atomic mass is 35.5. The van der Waals surface area contributed by atoms with Gasteiger partial charge in [-0.05, 0) is 48.9 Å². The highest BCUT2D eigenvalue weighted by molar-refractivity contribution is 6.34. The molecule has 134 valence electrons. The maximum atomic E-state index is 12.6. The van der Waals surface area contributed by atoms with Crippen molar-refractivity contribution in [3.8, 4) is 5.75 Å². The average Bonchev–Trinajstić information content (AvgIpc) is 2.56. The van der Waals surface area contributed by atoms with Crippen LogP contribution >= 0.6 is 11.6 Å². The fourth-order valence-electron chi connectivity index (χ4n) is 2.02. The molecule has 1 N–H and O–H groups in total. The van der Waals surface area contributed by atoms with Crippen LogP contribution in [-0.2, 0) is 6.18 Å². The van der Waals surface area contributed by atoms with Crippen LogP contribution < -0.4 is 10.1 Å². The number of unbranched alkanes of at least 4 members (excludes halogenated alkanes) is 1. The third kappa shape index (κ3) is 5.39. The summed E-state index contributed by atoms with van der Waals surface area (Å²) >= 11 is 5.83. The van der Waals surface area contributed by atoms with E-state index in [9.17, 15) is 18.0 Å². The molecule has 0 spiro atoms. The zero-order valence-corrected chi connectivity index (χ0v) is 14.2. The van der Waals surface area contributed by atoms with Crippen LogP contribution in [0.25, 0.3) is 0 Å². The van der Waals surface area contributed by atoms with Crippen LogP contribution in [0, 0.1) is 0 Å². The number of benzene rings is 2. The lowest BCUT2D eigenvalue weighted by Gasteiger charge is -2.11. The first-order valence-corrected chi connectivity index (χ1v) is 8.10. The van der Waals surface area contributed by atoms with Gasteiger partial charge in [0.25, 0.3) is 5.91 Å². The van der Waals surface area contributed by atoms with Crippen LogP contribution in [0.4, 0.5) is 18.9 Å². The molecular weight excluding hydrogens is 355 g/mol. The molecule has 0 unspecified atom stereocenters. The minimum absolute atomic E-state index is 0.114. The van der Waals surface area contributed by atoms with Crippen LogP contribution in [0.2, 0.25) is 5.02 Å². The maximum Gasteiger partial charge on any atom is 0.416 e. The van der Waals surface area contributed by atoms with Gasteiger partial charge in [-0.25, -0.2) is 0 Å². The van der Waals surface area contributed by atoms with E-state index in [4.69, 9.17) is 16.3 Å². The fraction of sp³-hybridized carbons (Fsp3) is 0.278. The van der Waals surface area contributed by atoms with Gasteiger partial charge in [-0.3, -0.25) is 4.79 Å². The number of halogens is 4. The van der Waals surface area contributed by atoms with E-state index in [-0.39, 0.29) is 10.7 Å². The van der Waals surface area contributed by atoms with E-state index in [1.165, 1.54) is 0 Å². The number of carbonyl (C=O) groups is 1. The van der Waals surface area contributed by atoms with Gasteiger partial charge in [-0.15, -0.1) is 0 Å². The van der Waals surface area contributed by atoms with E-state index in [0.717, 1.165) is 31.0 Å². The predicted octanol–water partition coefficient (Wildman–Crippen LogP) is 5.79. The van der Waals surface area contributed by atoms with Crippen LogP contribution in [-0.4, -0.2) is 12.5 Å². The van der Waals surface area contributed by atoms with Gasteiger partial charge in [0.2, 0.25) is 0 Å². The van der Waals surface area contributed by atoms with Crippen molar-refractivity contribution >= 4 is 23.2 Å². The molecule has 0 heterocycles. The minimum Gasteiger partial charge on any atom is -0.494 e. The number of amides is 1. The zero-order chi connectivity index (χ0) is 18.4. The first kappa shape index (κ1) is 19.1. The van der Waals surface area contributed by atoms with E-state index >= 15 is 0 Å². The summed E-state index contributed by atoms with van der Waals surface area (Å²) in [7, 11) is 0. The molecule has 1 amide bonds. The van der Waals surface area contributed by atoms with Crippen LogP contribution in [0.5, 0.6) is 5.75 Å². The lowest BCUT2D eigenvalue weighted by molar-refractivity contribution is -0.137. The molecule has 0 bridgehead atoms. The topological polar surface area (TPSA) is 38.3 Å². The average molecular weight is 372 g/mol. The van der Waals surface area contributed by atoms with E-state index in [2.05, 4.69) is 12.2 Å². The number of nitrogens with one attached hydrogen (secondary N) is 1. The summed E-state index contributed by atoms with van der Waals surface area (Å²) in [5.41, 5.74) is -0.411. The first-order chi connectivity index (χ1) is 11.8. The molecule has 2 aromatic rings. The number of rotatable bonds is 6. The number of hydrogen-bond acceptors (Lipinski definition) is 2. The van der Waals surface area contributed by atoms with Crippen molar-refractivity contribution < 1.29 is 22.7 Å². The van der Waals surface area contributed by atoms with Crippen molar-refractivity contribution in [2.45, 2.75) is 25.9 Å². The number of anilines is 1. The molecule has 2 aromatic carbocycles. The molecule has 0 radical (unpaired) electrons. The molecule has 2 rings (SSSR count). The Morgan fingerprint density at radius 1 is 1.16 bits per heavy atom. The molecule has 0 fully saturated rings. The van der Waals surface area contributed by atoms with Crippen LogP contribution in [0.3, 0.4) is 0 Å². The molecule has 0 atom stereocenters. The van der Waals surface area contributed by atoms with E-state index in [1.54, 1.807) is 24.3 Å². The third-order valence-electron chi connectivity index (χ3n) is 3.43. The summed E-state index contributed by atoms with van der Waals surface area (Å²) in [6.45, 7) is 2.66. The van der Waals surface area contributed by atoms with Gasteiger partial charge >= 0.3 is 6.18 Å². The van der Waals surface area contributed by atoms with Crippen LogP contribution in [0.1, 0.15) is 35.7 Å². The predicted molar refractivity (Wildman–Crippen MR) is 91.3 cm³/mol. The van der Waals surface area contributed by atoms with E-state index < -0.39 is 17.6 Å². The summed E-state index contributed by atoms with van der Waals surface area (Å²) in [5, 5.41) is 2.32. The molecule has 0 aliphatic heterocycles. The van der Waals surface area contributed by atoms with E-state index in [0.29, 0.717) is 17.9 Å². The van der Waals surface area contributed by atoms with Gasteiger partial charge in [0.15, 0.2) is 0 Å². The van der Waals surface area contributed by atoms with Gasteiger partial charge in [-0.2, -0.15) is 13.2 Å². The Kier molecular flexibility index (Phi) is 6.31. The first-order valence-electron chi connectivity index (χ1n) is 7.72. The fourth-order valence-corrected chi connectivity index (χ4v) is 2.25. The number of ether oxygens (including phenoxy) is 1. The van der Waals surface area contributed by atoms with Gasteiger partial charge in [0.05, 0.1) is 22.9 Å². The SMILES string of the molecule is CCCCOc1ccc(C(=O)Nc2ccc(C(F)(F)F)cc2Cl)cc1. The van der Waals surface area contributed by atoms with Crippen LogP contribution in [0.15, 0.2) is 42.5 Å². The lowest BCUT2D eigenvalue weighted by atomic mass is 10.1. The number of carbonyl (C=O) groups excluding carboxylic acids is 1. The number of alkyl halides is 3. The lowest BCUT2D eigenvalue weighted by Crippen LogP contribution is -2.13. The Bertz CT molecular complexity index is 730. The van der Waals surface area contributed by atoms with Crippen molar-refractivity contribution in [3.63, 3.8) is 0 Å². The zero-order valence-electron chi connectivity index (χ0n) is 13.5. The van der Waals surface area contributed by atoms with Crippen molar-refractivity contribution in [2.24, 2.45) is 0 Å². The molecule has 0 saturated carbocycles. The molecule has 0 aromatic heterocycles. The molecule has 3 nitrogen and oxygen atoms in total. The monoisotopic (exact) mass is 371 g/mol. The second-order valence-corrected chi connectivity index (χ2v) is 5.78. The summed E-state index contributed by atoms with van der Waals surface area (Å²) < 4.78 is 43.4. The summed E-state index contributed by atoms with van der Waals surface area (Å²) in [4.78, 5) is 12.2. The Hall–Kier alpha value is -2.21. The maximum absolute atomic E-state index is 12.6. The quantitative estimate of drug-likeness (QED) is 0.652. The third-order valence-corrected chi connectivity index (χ3v) is 3.74. The highest BCUT2D eigenvalue weighted by Crippen LogP contribution is 2.33. The second-order valence-electron chi connectivity index (χ2n) is 5.37. The van der Waals surface area contributed by atoms with Crippen molar-refractivity contribution in [3.05, 3.63) is 58.6 Å². The molecule has 0 aliphatic carbocycles. The second kappa shape index (κ2) is 8.25. The van der Waals surface area contributed by atoms with Crippen molar-refractivity contribution in [1.82, 2.24) is 0 Å². The van der Waals surface area contributed by atoms with Gasteiger partial charge < -0.3 is 10.1 Å². The molecule has 25 heavy (non-hydrogen) atoms. The Morgan fingerprint density at radius 3 is 2.40 bits per heavy atom.